The van der Waals surface area contributed by atoms with E-state index in [1.165, 1.54) is 6.07 Å². The summed E-state index contributed by atoms with van der Waals surface area (Å²) in [6, 6.07) is 4.88. The van der Waals surface area contributed by atoms with Gasteiger partial charge in [-0.2, -0.15) is 0 Å². The summed E-state index contributed by atoms with van der Waals surface area (Å²) in [6.07, 6.45) is 2.04. The molecule has 1 saturated carbocycles. The van der Waals surface area contributed by atoms with Crippen LogP contribution in [0.4, 0.5) is 4.39 Å². The zero-order valence-corrected chi connectivity index (χ0v) is 15.5. The second-order valence-corrected chi connectivity index (χ2v) is 6.97. The average Bonchev–Trinajstić information content (AvgIpc) is 3.27. The lowest BCUT2D eigenvalue weighted by Gasteiger charge is -2.15. The van der Waals surface area contributed by atoms with Crippen molar-refractivity contribution in [1.29, 1.82) is 0 Å². The Morgan fingerprint density at radius 2 is 2.04 bits per heavy atom. The van der Waals surface area contributed by atoms with E-state index in [4.69, 9.17) is 0 Å². The Balaban J connectivity index is 0.000000322. The molecule has 0 spiro atoms. The molecule has 1 aromatic carbocycles. The van der Waals surface area contributed by atoms with Crippen LogP contribution in [0, 0.1) is 5.82 Å². The third-order valence-electron chi connectivity index (χ3n) is 3.57. The van der Waals surface area contributed by atoms with Gasteiger partial charge in [-0.3, -0.25) is 9.59 Å². The highest BCUT2D eigenvalue weighted by molar-refractivity contribution is 9.09. The topological polar surface area (TPSA) is 55.4 Å². The predicted octanol–water partition coefficient (Wildman–Crippen LogP) is 3.57. The van der Waals surface area contributed by atoms with Crippen molar-refractivity contribution in [3.8, 4) is 0 Å². The quantitative estimate of drug-likeness (QED) is 0.476. The summed E-state index contributed by atoms with van der Waals surface area (Å²) in [5.41, 5.74) is 0.713. The zero-order valence-electron chi connectivity index (χ0n) is 13.9. The monoisotopic (exact) mass is 387 g/mol. The van der Waals surface area contributed by atoms with Crippen molar-refractivity contribution in [3.05, 3.63) is 35.1 Å². The van der Waals surface area contributed by atoms with Gasteiger partial charge < -0.3 is 10.1 Å². The SMILES string of the molecule is CC(C)(C)OC=O.CNC1(c2ccc(C(=O)CBr)c(F)c2)CC1. The van der Waals surface area contributed by atoms with Crippen molar-refractivity contribution < 1.29 is 18.7 Å². The first-order chi connectivity index (χ1) is 10.7. The Bertz CT molecular complexity index is 565. The predicted molar refractivity (Wildman–Crippen MR) is 91.4 cm³/mol. The van der Waals surface area contributed by atoms with Gasteiger partial charge >= 0.3 is 0 Å². The van der Waals surface area contributed by atoms with Crippen LogP contribution in [0.5, 0.6) is 0 Å². The van der Waals surface area contributed by atoms with Gasteiger partial charge in [0.15, 0.2) is 5.78 Å². The van der Waals surface area contributed by atoms with Gasteiger partial charge in [-0.1, -0.05) is 22.0 Å². The molecule has 0 unspecified atom stereocenters. The van der Waals surface area contributed by atoms with E-state index in [1.807, 2.05) is 33.9 Å². The number of rotatable bonds is 5. The standard InChI is InChI=1S/C12H13BrFNO.C5H10O2/c1-15-12(4-5-12)8-2-3-9(10(14)6-8)11(16)7-13;1-5(2,3)7-4-6/h2-3,6,15H,4-5,7H2,1H3;4H,1-3H3. The highest BCUT2D eigenvalue weighted by Gasteiger charge is 2.43. The van der Waals surface area contributed by atoms with E-state index >= 15 is 0 Å². The van der Waals surface area contributed by atoms with Crippen LogP contribution in [-0.2, 0) is 15.1 Å². The van der Waals surface area contributed by atoms with E-state index in [2.05, 4.69) is 26.0 Å². The molecule has 4 nitrogen and oxygen atoms in total. The van der Waals surface area contributed by atoms with Crippen molar-refractivity contribution in [2.75, 3.05) is 12.4 Å². The minimum atomic E-state index is -0.427. The molecule has 1 aromatic rings. The van der Waals surface area contributed by atoms with Crippen molar-refractivity contribution >= 4 is 28.2 Å². The van der Waals surface area contributed by atoms with Gasteiger partial charge in [0.05, 0.1) is 10.9 Å². The Morgan fingerprint density at radius 1 is 1.43 bits per heavy atom. The largest absolute Gasteiger partial charge is 0.462 e. The number of benzene rings is 1. The molecule has 0 atom stereocenters. The molecular formula is C17H23BrFNO3. The zero-order chi connectivity index (χ0) is 17.7. The maximum absolute atomic E-state index is 13.7. The molecule has 1 fully saturated rings. The fraction of sp³-hybridized carbons (Fsp3) is 0.529. The molecular weight excluding hydrogens is 365 g/mol. The summed E-state index contributed by atoms with van der Waals surface area (Å²) >= 11 is 3.04. The van der Waals surface area contributed by atoms with Crippen molar-refractivity contribution in [1.82, 2.24) is 5.32 Å². The van der Waals surface area contributed by atoms with Gasteiger partial charge in [-0.25, -0.2) is 4.39 Å². The number of carbonyl (C=O) groups is 2. The molecule has 0 bridgehead atoms. The van der Waals surface area contributed by atoms with E-state index in [9.17, 15) is 14.0 Å². The lowest BCUT2D eigenvalue weighted by atomic mass is 10.0. The van der Waals surface area contributed by atoms with Gasteiger partial charge in [-0.05, 0) is 58.4 Å². The molecule has 23 heavy (non-hydrogen) atoms. The molecule has 1 aliphatic rings. The lowest BCUT2D eigenvalue weighted by molar-refractivity contribution is -0.138. The Kier molecular flexibility index (Phi) is 6.89. The third-order valence-corrected chi connectivity index (χ3v) is 4.08. The number of ketones is 1. The van der Waals surface area contributed by atoms with E-state index in [1.54, 1.807) is 6.07 Å². The van der Waals surface area contributed by atoms with Crippen LogP contribution in [0.2, 0.25) is 0 Å². The van der Waals surface area contributed by atoms with Gasteiger partial charge in [0.2, 0.25) is 0 Å². The minimum Gasteiger partial charge on any atom is -0.462 e. The molecule has 1 aliphatic carbocycles. The van der Waals surface area contributed by atoms with Crippen LogP contribution in [0.1, 0.15) is 49.5 Å². The van der Waals surface area contributed by atoms with Gasteiger partial charge in [0.1, 0.15) is 11.4 Å². The van der Waals surface area contributed by atoms with Crippen LogP contribution >= 0.6 is 15.9 Å². The van der Waals surface area contributed by atoms with Gasteiger partial charge in [0, 0.05) is 5.54 Å². The fourth-order valence-electron chi connectivity index (χ4n) is 2.06. The van der Waals surface area contributed by atoms with Crippen molar-refractivity contribution in [3.63, 3.8) is 0 Å². The van der Waals surface area contributed by atoms with Crippen LogP contribution in [0.25, 0.3) is 0 Å². The molecule has 128 valence electrons. The van der Waals surface area contributed by atoms with E-state index in [0.29, 0.717) is 6.47 Å². The number of halogens is 2. The molecule has 6 heteroatoms. The second-order valence-electron chi connectivity index (χ2n) is 6.41. The third kappa shape index (κ3) is 5.70. The number of ether oxygens (including phenoxy) is 1. The minimum absolute atomic E-state index is 0.0587. The molecule has 0 saturated heterocycles. The van der Waals surface area contributed by atoms with Crippen LogP contribution < -0.4 is 5.32 Å². The number of carbonyl (C=O) groups excluding carboxylic acids is 2. The molecule has 0 aromatic heterocycles. The first kappa shape index (κ1) is 19.8. The number of Topliss-reactive ketones (excluding diaryl/α,β-unsaturated/α-hetero) is 1. The summed E-state index contributed by atoms with van der Waals surface area (Å²) in [5.74, 6) is -0.651. The fourth-order valence-corrected chi connectivity index (χ4v) is 2.37. The molecule has 0 aliphatic heterocycles. The molecule has 0 amide bonds. The normalized spacial score (nSPS) is 15.2. The lowest BCUT2D eigenvalue weighted by Crippen LogP contribution is -2.24. The van der Waals surface area contributed by atoms with Crippen molar-refractivity contribution in [2.45, 2.75) is 44.8 Å². The molecule has 1 N–H and O–H groups in total. The highest BCUT2D eigenvalue weighted by atomic mass is 79.9. The maximum Gasteiger partial charge on any atom is 0.293 e. The van der Waals surface area contributed by atoms with Gasteiger partial charge in [0.25, 0.3) is 6.47 Å². The van der Waals surface area contributed by atoms with E-state index < -0.39 is 5.82 Å². The molecule has 0 radical (unpaired) electrons. The first-order valence-corrected chi connectivity index (χ1v) is 8.51. The van der Waals surface area contributed by atoms with E-state index in [-0.39, 0.29) is 27.8 Å². The number of hydrogen-bond acceptors (Lipinski definition) is 4. The average molecular weight is 388 g/mol. The summed E-state index contributed by atoms with van der Waals surface area (Å²) in [5, 5.41) is 3.35. The molecule has 2 rings (SSSR count). The van der Waals surface area contributed by atoms with Crippen LogP contribution in [0.15, 0.2) is 18.2 Å². The second kappa shape index (κ2) is 8.02. The summed E-state index contributed by atoms with van der Waals surface area (Å²) in [4.78, 5) is 21.0. The Labute approximate surface area is 144 Å². The van der Waals surface area contributed by atoms with Crippen LogP contribution in [-0.4, -0.2) is 30.2 Å². The summed E-state index contributed by atoms with van der Waals surface area (Å²) < 4.78 is 18.3. The maximum atomic E-state index is 13.7. The molecule has 0 heterocycles. The smallest absolute Gasteiger partial charge is 0.293 e. The Hall–Kier alpha value is -1.27. The first-order valence-electron chi connectivity index (χ1n) is 7.38. The number of alkyl halides is 1. The highest BCUT2D eigenvalue weighted by Crippen LogP contribution is 2.45. The summed E-state index contributed by atoms with van der Waals surface area (Å²) in [6.45, 7) is 5.92. The number of hydrogen-bond donors (Lipinski definition) is 1. The summed E-state index contributed by atoms with van der Waals surface area (Å²) in [7, 11) is 1.88. The van der Waals surface area contributed by atoms with Crippen LogP contribution in [0.3, 0.4) is 0 Å². The van der Waals surface area contributed by atoms with Crippen molar-refractivity contribution in [2.24, 2.45) is 0 Å². The Morgan fingerprint density at radius 3 is 2.35 bits per heavy atom. The van der Waals surface area contributed by atoms with E-state index in [0.717, 1.165) is 18.4 Å². The number of nitrogens with one attached hydrogen (secondary N) is 1. The van der Waals surface area contributed by atoms with Gasteiger partial charge in [-0.15, -0.1) is 0 Å².